The molecule has 0 aromatic carbocycles. The van der Waals surface area contributed by atoms with E-state index in [1.165, 1.54) is 0 Å². The molecule has 1 atom stereocenters. The van der Waals surface area contributed by atoms with Gasteiger partial charge in [0.1, 0.15) is 5.82 Å². The van der Waals surface area contributed by atoms with E-state index >= 15 is 0 Å². The molecule has 3 fully saturated rings. The maximum Gasteiger partial charge on any atom is 0.434 e. The molecule has 192 valence electrons. The number of halogens is 6. The number of amides is 2. The molecular weight excluding hydrogens is 482 g/mol. The molecule has 4 aliphatic rings. The third-order valence-corrected chi connectivity index (χ3v) is 7.53. The van der Waals surface area contributed by atoms with Gasteiger partial charge < -0.3 is 14.5 Å². The maximum absolute atomic E-state index is 13.1. The molecule has 1 spiro atoms. The maximum atomic E-state index is 13.1. The molecule has 2 saturated carbocycles. The van der Waals surface area contributed by atoms with Crippen molar-refractivity contribution in [2.45, 2.75) is 69.4 Å². The highest BCUT2D eigenvalue weighted by Crippen LogP contribution is 2.60. The minimum absolute atomic E-state index is 0.0212. The van der Waals surface area contributed by atoms with E-state index in [9.17, 15) is 35.9 Å². The molecule has 2 aliphatic heterocycles. The highest BCUT2D eigenvalue weighted by Gasteiger charge is 2.62. The van der Waals surface area contributed by atoms with Crippen LogP contribution < -0.4 is 0 Å². The third-order valence-electron chi connectivity index (χ3n) is 7.53. The number of hydrogen-bond donors (Lipinski definition) is 0. The molecule has 5 rings (SSSR count). The first-order valence-corrected chi connectivity index (χ1v) is 11.6. The Hall–Kier alpha value is -2.60. The molecule has 7 nitrogen and oxygen atoms in total. The van der Waals surface area contributed by atoms with E-state index in [1.54, 1.807) is 11.1 Å². The zero-order chi connectivity index (χ0) is 25.2. The Morgan fingerprint density at radius 3 is 2.29 bits per heavy atom. The highest BCUT2D eigenvalue weighted by molar-refractivity contribution is 5.83. The van der Waals surface area contributed by atoms with Gasteiger partial charge >= 0.3 is 18.4 Å². The largest absolute Gasteiger partial charge is 0.434 e. The summed E-state index contributed by atoms with van der Waals surface area (Å²) in [5.41, 5.74) is 1.51. The molecule has 2 amide bonds. The number of likely N-dealkylation sites (tertiary alicyclic amines) is 1. The van der Waals surface area contributed by atoms with Crippen LogP contribution in [0.3, 0.4) is 0 Å². The SMILES string of the molecule is O=C(OC(C(F)(F)F)C(F)(F)F)N1CCC2(CC1)CC2C(=O)N1CCc2nc(C3CC3)ncc2C1. The number of nitrogens with zero attached hydrogens (tertiary/aromatic N) is 4. The average molecular weight is 506 g/mol. The van der Waals surface area contributed by atoms with Gasteiger partial charge in [-0.25, -0.2) is 14.8 Å². The van der Waals surface area contributed by atoms with Crippen molar-refractivity contribution in [2.75, 3.05) is 19.6 Å². The lowest BCUT2D eigenvalue weighted by Crippen LogP contribution is -2.49. The van der Waals surface area contributed by atoms with Crippen molar-refractivity contribution in [3.05, 3.63) is 23.3 Å². The van der Waals surface area contributed by atoms with Gasteiger partial charge in [0, 0.05) is 56.2 Å². The zero-order valence-electron chi connectivity index (χ0n) is 18.7. The molecule has 1 unspecified atom stereocenters. The lowest BCUT2D eigenvalue weighted by Gasteiger charge is -2.34. The van der Waals surface area contributed by atoms with Gasteiger partial charge in [-0.05, 0) is 37.5 Å². The minimum Gasteiger partial charge on any atom is -0.426 e. The first kappa shape index (κ1) is 24.1. The van der Waals surface area contributed by atoms with Crippen LogP contribution >= 0.6 is 0 Å². The summed E-state index contributed by atoms with van der Waals surface area (Å²) < 4.78 is 79.9. The number of carbonyl (C=O) groups is 2. The standard InChI is InChI=1S/C22H24F6N4O3/c23-21(24,25)18(22(26,27)28)35-19(34)31-7-4-20(5-8-31)9-14(20)17(33)32-6-3-15-13(11-32)10-29-16(30-15)12-1-2-12/h10,12,14,18H,1-9,11H2. The molecule has 0 bridgehead atoms. The molecule has 13 heteroatoms. The summed E-state index contributed by atoms with van der Waals surface area (Å²) in [5.74, 6) is 1.02. The van der Waals surface area contributed by atoms with Gasteiger partial charge in [-0.2, -0.15) is 26.3 Å². The summed E-state index contributed by atoms with van der Waals surface area (Å²) in [5, 5.41) is 0. The first-order valence-electron chi connectivity index (χ1n) is 11.6. The van der Waals surface area contributed by atoms with Crippen molar-refractivity contribution in [2.24, 2.45) is 11.3 Å². The van der Waals surface area contributed by atoms with Gasteiger partial charge in [-0.1, -0.05) is 0 Å². The molecule has 1 saturated heterocycles. The Labute approximate surface area is 196 Å². The average Bonchev–Trinajstić information content (AvgIpc) is 3.72. The van der Waals surface area contributed by atoms with E-state index < -0.39 is 24.5 Å². The summed E-state index contributed by atoms with van der Waals surface area (Å²) in [6, 6.07) is 0. The zero-order valence-corrected chi connectivity index (χ0v) is 18.7. The summed E-state index contributed by atoms with van der Waals surface area (Å²) in [4.78, 5) is 36.8. The topological polar surface area (TPSA) is 75.6 Å². The summed E-state index contributed by atoms with van der Waals surface area (Å²) in [6.07, 6.45) is -11.5. The van der Waals surface area contributed by atoms with E-state index in [0.717, 1.165) is 34.8 Å². The van der Waals surface area contributed by atoms with Crippen LogP contribution in [0.2, 0.25) is 0 Å². The number of alkyl halides is 6. The molecule has 3 heterocycles. The Morgan fingerprint density at radius 1 is 1.03 bits per heavy atom. The Morgan fingerprint density at radius 2 is 1.69 bits per heavy atom. The monoisotopic (exact) mass is 506 g/mol. The Bertz CT molecular complexity index is 1000. The van der Waals surface area contributed by atoms with Gasteiger partial charge in [-0.3, -0.25) is 4.79 Å². The number of ether oxygens (including phenoxy) is 1. The van der Waals surface area contributed by atoms with Crippen LogP contribution in [-0.4, -0.2) is 69.9 Å². The Kier molecular flexibility index (Phi) is 5.67. The molecule has 0 radical (unpaired) electrons. The van der Waals surface area contributed by atoms with Crippen LogP contribution in [0.5, 0.6) is 0 Å². The van der Waals surface area contributed by atoms with Crippen molar-refractivity contribution in [3.8, 4) is 0 Å². The second-order valence-corrected chi connectivity index (χ2v) is 9.94. The lowest BCUT2D eigenvalue weighted by atomic mass is 9.90. The molecule has 1 aromatic heterocycles. The number of rotatable bonds is 3. The predicted molar refractivity (Wildman–Crippen MR) is 107 cm³/mol. The number of hydrogen-bond acceptors (Lipinski definition) is 5. The van der Waals surface area contributed by atoms with Gasteiger partial charge in [0.05, 0.1) is 5.69 Å². The second kappa shape index (κ2) is 8.22. The van der Waals surface area contributed by atoms with Crippen LogP contribution in [0.15, 0.2) is 6.20 Å². The van der Waals surface area contributed by atoms with E-state index in [0.29, 0.717) is 44.7 Å². The van der Waals surface area contributed by atoms with Crippen LogP contribution in [0, 0.1) is 11.3 Å². The van der Waals surface area contributed by atoms with Crippen LogP contribution in [0.25, 0.3) is 0 Å². The third kappa shape index (κ3) is 4.77. The molecular formula is C22H24F6N4O3. The number of aromatic nitrogens is 2. The first-order chi connectivity index (χ1) is 16.4. The van der Waals surface area contributed by atoms with Crippen molar-refractivity contribution in [1.29, 1.82) is 0 Å². The van der Waals surface area contributed by atoms with E-state index in [-0.39, 0.29) is 30.3 Å². The fourth-order valence-electron chi connectivity index (χ4n) is 5.16. The normalized spacial score (nSPS) is 23.9. The van der Waals surface area contributed by atoms with Crippen molar-refractivity contribution in [3.63, 3.8) is 0 Å². The second-order valence-electron chi connectivity index (χ2n) is 9.94. The van der Waals surface area contributed by atoms with Crippen LogP contribution in [-0.2, 0) is 22.5 Å². The summed E-state index contributed by atoms with van der Waals surface area (Å²) in [7, 11) is 0. The van der Waals surface area contributed by atoms with E-state index in [4.69, 9.17) is 0 Å². The molecule has 2 aliphatic carbocycles. The van der Waals surface area contributed by atoms with E-state index in [1.807, 2.05) is 0 Å². The van der Waals surface area contributed by atoms with Crippen LogP contribution in [0.4, 0.5) is 31.1 Å². The van der Waals surface area contributed by atoms with Crippen molar-refractivity contribution < 1.29 is 40.7 Å². The predicted octanol–water partition coefficient (Wildman–Crippen LogP) is 3.97. The lowest BCUT2D eigenvalue weighted by molar-refractivity contribution is -0.308. The summed E-state index contributed by atoms with van der Waals surface area (Å²) in [6.45, 7) is 0.825. The number of carbonyl (C=O) groups excluding carboxylic acids is 2. The number of piperidine rings is 1. The van der Waals surface area contributed by atoms with Crippen molar-refractivity contribution in [1.82, 2.24) is 19.8 Å². The summed E-state index contributed by atoms with van der Waals surface area (Å²) >= 11 is 0. The van der Waals surface area contributed by atoms with Gasteiger partial charge in [0.2, 0.25) is 5.91 Å². The van der Waals surface area contributed by atoms with Crippen molar-refractivity contribution >= 4 is 12.0 Å². The molecule has 0 N–H and O–H groups in total. The Balaban J connectivity index is 1.15. The van der Waals surface area contributed by atoms with Gasteiger partial charge in [0.25, 0.3) is 6.10 Å². The quantitative estimate of drug-likeness (QED) is 0.580. The smallest absolute Gasteiger partial charge is 0.426 e. The van der Waals surface area contributed by atoms with Gasteiger partial charge in [-0.15, -0.1) is 0 Å². The van der Waals surface area contributed by atoms with E-state index in [2.05, 4.69) is 14.7 Å². The fourth-order valence-corrected chi connectivity index (χ4v) is 5.16. The fraction of sp³-hybridized carbons (Fsp3) is 0.727. The molecule has 1 aromatic rings. The minimum atomic E-state index is -5.75. The molecule has 35 heavy (non-hydrogen) atoms. The highest BCUT2D eigenvalue weighted by atomic mass is 19.4. The van der Waals surface area contributed by atoms with Crippen LogP contribution in [0.1, 0.15) is 55.1 Å². The van der Waals surface area contributed by atoms with Gasteiger partial charge in [0.15, 0.2) is 0 Å². The number of fused-ring (bicyclic) bond motifs is 1.